The topological polar surface area (TPSA) is 50.7 Å². The van der Waals surface area contributed by atoms with Gasteiger partial charge in [-0.25, -0.2) is 5.43 Å². The molecule has 0 spiro atoms. The molecule has 0 radical (unpaired) electrons. The van der Waals surface area contributed by atoms with Crippen molar-refractivity contribution in [3.8, 4) is 5.75 Å². The highest BCUT2D eigenvalue weighted by molar-refractivity contribution is 5.84. The molecule has 0 bridgehead atoms. The maximum atomic E-state index is 11.8. The number of benzene rings is 2. The molecule has 1 N–H and O–H groups in total. The van der Waals surface area contributed by atoms with Gasteiger partial charge in [0.2, 0.25) is 0 Å². The smallest absolute Gasteiger partial charge is 0.277 e. The van der Waals surface area contributed by atoms with Gasteiger partial charge in [-0.1, -0.05) is 29.8 Å². The van der Waals surface area contributed by atoms with Crippen LogP contribution in [-0.2, 0) is 4.79 Å². The molecule has 2 aromatic rings. The fourth-order valence-electron chi connectivity index (χ4n) is 2.06. The number of carbonyl (C=O) groups is 1. The minimum atomic E-state index is -0.287. The third-order valence-electron chi connectivity index (χ3n) is 3.68. The Balaban J connectivity index is 1.86. The van der Waals surface area contributed by atoms with Crippen LogP contribution in [-0.4, -0.2) is 18.7 Å². The van der Waals surface area contributed by atoms with Crippen molar-refractivity contribution in [3.05, 3.63) is 64.2 Å². The molecule has 0 atom stereocenters. The first-order valence-corrected chi connectivity index (χ1v) is 7.55. The summed E-state index contributed by atoms with van der Waals surface area (Å²) in [6.45, 7) is 8.01. The summed E-state index contributed by atoms with van der Waals surface area (Å²) in [4.78, 5) is 11.8. The fraction of sp³-hybridized carbons (Fsp3) is 0.263. The van der Waals surface area contributed by atoms with Crippen molar-refractivity contribution in [2.45, 2.75) is 27.7 Å². The van der Waals surface area contributed by atoms with E-state index in [1.807, 2.05) is 64.1 Å². The van der Waals surface area contributed by atoms with Gasteiger partial charge in [0.05, 0.1) is 6.21 Å². The summed E-state index contributed by atoms with van der Waals surface area (Å²) in [6, 6.07) is 11.8. The predicted octanol–water partition coefficient (Wildman–Crippen LogP) is 3.45. The van der Waals surface area contributed by atoms with E-state index >= 15 is 0 Å². The maximum absolute atomic E-state index is 11.8. The molecule has 0 unspecified atom stereocenters. The Morgan fingerprint density at radius 1 is 1.04 bits per heavy atom. The van der Waals surface area contributed by atoms with Crippen molar-refractivity contribution < 1.29 is 9.53 Å². The van der Waals surface area contributed by atoms with Gasteiger partial charge in [0.1, 0.15) is 5.75 Å². The van der Waals surface area contributed by atoms with Gasteiger partial charge in [-0.2, -0.15) is 5.10 Å². The summed E-state index contributed by atoms with van der Waals surface area (Å²) in [5.74, 6) is 0.395. The molecule has 23 heavy (non-hydrogen) atoms. The summed E-state index contributed by atoms with van der Waals surface area (Å²) >= 11 is 0. The van der Waals surface area contributed by atoms with Crippen molar-refractivity contribution >= 4 is 12.1 Å². The number of nitrogens with one attached hydrogen (secondary N) is 1. The quantitative estimate of drug-likeness (QED) is 0.679. The molecule has 120 valence electrons. The number of hydrogen-bond donors (Lipinski definition) is 1. The molecule has 0 aliphatic carbocycles. The van der Waals surface area contributed by atoms with Gasteiger partial charge in [0.15, 0.2) is 6.61 Å². The molecule has 2 aromatic carbocycles. The first-order chi connectivity index (χ1) is 11.0. The van der Waals surface area contributed by atoms with Crippen LogP contribution in [0.2, 0.25) is 0 Å². The Bertz CT molecular complexity index is 736. The van der Waals surface area contributed by atoms with Gasteiger partial charge in [-0.05, 0) is 62.1 Å². The lowest BCUT2D eigenvalue weighted by atomic mass is 10.1. The van der Waals surface area contributed by atoms with E-state index < -0.39 is 0 Å². The van der Waals surface area contributed by atoms with Crippen LogP contribution in [0.25, 0.3) is 0 Å². The van der Waals surface area contributed by atoms with E-state index in [9.17, 15) is 4.79 Å². The van der Waals surface area contributed by atoms with Crippen LogP contribution in [0.4, 0.5) is 0 Å². The molecule has 4 nitrogen and oxygen atoms in total. The first kappa shape index (κ1) is 16.7. The number of hydrogen-bond acceptors (Lipinski definition) is 3. The van der Waals surface area contributed by atoms with Gasteiger partial charge >= 0.3 is 0 Å². The number of ether oxygens (including phenoxy) is 1. The van der Waals surface area contributed by atoms with E-state index in [-0.39, 0.29) is 12.5 Å². The average Bonchev–Trinajstić information content (AvgIpc) is 2.52. The lowest BCUT2D eigenvalue weighted by Crippen LogP contribution is -2.24. The second kappa shape index (κ2) is 7.58. The van der Waals surface area contributed by atoms with Crippen LogP contribution < -0.4 is 10.2 Å². The summed E-state index contributed by atoms with van der Waals surface area (Å²) < 4.78 is 5.46. The van der Waals surface area contributed by atoms with Crippen LogP contribution >= 0.6 is 0 Å². The largest absolute Gasteiger partial charge is 0.484 e. The minimum absolute atomic E-state index is 0.0629. The number of amides is 1. The van der Waals surface area contributed by atoms with Crippen molar-refractivity contribution in [1.82, 2.24) is 5.43 Å². The Morgan fingerprint density at radius 2 is 1.78 bits per heavy atom. The summed E-state index contributed by atoms with van der Waals surface area (Å²) in [5, 5.41) is 3.98. The number of carbonyl (C=O) groups excluding carboxylic acids is 1. The highest BCUT2D eigenvalue weighted by Gasteiger charge is 2.03. The fourth-order valence-corrected chi connectivity index (χ4v) is 2.06. The molecule has 0 fully saturated rings. The number of hydrazone groups is 1. The van der Waals surface area contributed by atoms with Crippen molar-refractivity contribution in [1.29, 1.82) is 0 Å². The molecule has 0 aliphatic heterocycles. The molecule has 1 amide bonds. The van der Waals surface area contributed by atoms with Crippen LogP contribution in [0.1, 0.15) is 27.8 Å². The minimum Gasteiger partial charge on any atom is -0.484 e. The van der Waals surface area contributed by atoms with E-state index in [0.29, 0.717) is 5.75 Å². The van der Waals surface area contributed by atoms with E-state index in [0.717, 1.165) is 22.3 Å². The molecule has 0 aliphatic rings. The second-order valence-electron chi connectivity index (χ2n) is 5.69. The first-order valence-electron chi connectivity index (χ1n) is 7.55. The average molecular weight is 310 g/mol. The van der Waals surface area contributed by atoms with E-state index in [4.69, 9.17) is 4.74 Å². The number of aryl methyl sites for hydroxylation is 4. The molecule has 0 saturated heterocycles. The van der Waals surface area contributed by atoms with Gasteiger partial charge in [0.25, 0.3) is 5.91 Å². The molecule has 2 rings (SSSR count). The zero-order chi connectivity index (χ0) is 16.8. The predicted molar refractivity (Wildman–Crippen MR) is 93.1 cm³/mol. The SMILES string of the molecule is Cc1ccc(C)c(/C=N\NC(=O)COc2ccc(C)c(C)c2)c1. The third kappa shape index (κ3) is 4.95. The van der Waals surface area contributed by atoms with Gasteiger partial charge < -0.3 is 4.74 Å². The Labute approximate surface area is 137 Å². The van der Waals surface area contributed by atoms with Crippen LogP contribution in [0, 0.1) is 27.7 Å². The van der Waals surface area contributed by atoms with E-state index in [1.165, 1.54) is 5.56 Å². The summed E-state index contributed by atoms with van der Waals surface area (Å²) in [5.41, 5.74) is 8.06. The normalized spacial score (nSPS) is 10.8. The van der Waals surface area contributed by atoms with Crippen LogP contribution in [0.3, 0.4) is 0 Å². The van der Waals surface area contributed by atoms with Gasteiger partial charge in [-0.15, -0.1) is 0 Å². The maximum Gasteiger partial charge on any atom is 0.277 e. The molecule has 0 heterocycles. The third-order valence-corrected chi connectivity index (χ3v) is 3.68. The Morgan fingerprint density at radius 3 is 2.52 bits per heavy atom. The second-order valence-corrected chi connectivity index (χ2v) is 5.69. The van der Waals surface area contributed by atoms with Gasteiger partial charge in [-0.3, -0.25) is 4.79 Å². The standard InChI is InChI=1S/C19H22N2O2/c1-13-5-6-15(3)17(9-13)11-20-21-19(22)12-23-18-8-7-14(2)16(4)10-18/h5-11H,12H2,1-4H3,(H,21,22)/b20-11-. The highest BCUT2D eigenvalue weighted by Crippen LogP contribution is 2.16. The molecular formula is C19H22N2O2. The number of rotatable bonds is 5. The number of nitrogens with zero attached hydrogens (tertiary/aromatic N) is 1. The van der Waals surface area contributed by atoms with Gasteiger partial charge in [0, 0.05) is 0 Å². The highest BCUT2D eigenvalue weighted by atomic mass is 16.5. The zero-order valence-corrected chi connectivity index (χ0v) is 14.0. The van der Waals surface area contributed by atoms with Crippen molar-refractivity contribution in [2.75, 3.05) is 6.61 Å². The zero-order valence-electron chi connectivity index (χ0n) is 14.0. The summed E-state index contributed by atoms with van der Waals surface area (Å²) in [7, 11) is 0. The van der Waals surface area contributed by atoms with Crippen LogP contribution in [0.15, 0.2) is 41.5 Å². The van der Waals surface area contributed by atoms with E-state index in [1.54, 1.807) is 6.21 Å². The Hall–Kier alpha value is -2.62. The molecule has 0 aromatic heterocycles. The lowest BCUT2D eigenvalue weighted by molar-refractivity contribution is -0.123. The molecule has 4 heteroatoms. The van der Waals surface area contributed by atoms with Crippen molar-refractivity contribution in [2.24, 2.45) is 5.10 Å². The Kier molecular flexibility index (Phi) is 5.52. The molecular weight excluding hydrogens is 288 g/mol. The lowest BCUT2D eigenvalue weighted by Gasteiger charge is -2.07. The molecule has 0 saturated carbocycles. The van der Waals surface area contributed by atoms with Crippen LogP contribution in [0.5, 0.6) is 5.75 Å². The monoisotopic (exact) mass is 310 g/mol. The van der Waals surface area contributed by atoms with Crippen molar-refractivity contribution in [3.63, 3.8) is 0 Å². The van der Waals surface area contributed by atoms with E-state index in [2.05, 4.69) is 10.5 Å². The summed E-state index contributed by atoms with van der Waals surface area (Å²) in [6.07, 6.45) is 1.65.